The predicted molar refractivity (Wildman–Crippen MR) is 112 cm³/mol. The maximum absolute atomic E-state index is 12.3. The van der Waals surface area contributed by atoms with Gasteiger partial charge in [0.1, 0.15) is 5.69 Å². The first-order chi connectivity index (χ1) is 15.0. The van der Waals surface area contributed by atoms with Gasteiger partial charge in [-0.1, -0.05) is 0 Å². The molecule has 0 aromatic carbocycles. The van der Waals surface area contributed by atoms with E-state index in [1.165, 1.54) is 18.3 Å². The van der Waals surface area contributed by atoms with E-state index in [1.54, 1.807) is 49.1 Å². The van der Waals surface area contributed by atoms with Gasteiger partial charge in [-0.3, -0.25) is 24.5 Å². The Balaban J connectivity index is 1.60. The largest absolute Gasteiger partial charge is 0.382 e. The average molecular weight is 418 g/mol. The van der Waals surface area contributed by atoms with Crippen LogP contribution in [0.5, 0.6) is 0 Å². The number of hydrazine groups is 1. The van der Waals surface area contributed by atoms with Crippen LogP contribution in [0.15, 0.2) is 77.6 Å². The summed E-state index contributed by atoms with van der Waals surface area (Å²) in [6.45, 7) is 0. The number of amidine groups is 2. The standard InChI is InChI=1S/C19H18N10O2/c20-16(12-1-6-22-7-2-12)25-27-18(30)14-5-10-24-15(11-14)19(31)28-29-26-17(21)13-3-8-23-9-4-13/h1-11,29H,(H2,20,25)(H2,21,26)(H,27,30)(H,28,31). The average Bonchev–Trinajstić information content (AvgIpc) is 2.83. The summed E-state index contributed by atoms with van der Waals surface area (Å²) >= 11 is 0. The van der Waals surface area contributed by atoms with Crippen LogP contribution >= 0.6 is 0 Å². The number of nitrogens with zero attached hydrogens (tertiary/aromatic N) is 5. The van der Waals surface area contributed by atoms with Crippen molar-refractivity contribution in [2.75, 3.05) is 0 Å². The number of hydrazone groups is 2. The molecule has 0 saturated carbocycles. The number of hydrogen-bond acceptors (Lipinski definition) is 8. The van der Waals surface area contributed by atoms with Crippen molar-refractivity contribution < 1.29 is 9.59 Å². The lowest BCUT2D eigenvalue weighted by molar-refractivity contribution is 0.0929. The molecule has 0 radical (unpaired) electrons. The summed E-state index contributed by atoms with van der Waals surface area (Å²) in [5.74, 6) is -0.938. The Morgan fingerprint density at radius 3 is 1.90 bits per heavy atom. The number of nitrogens with two attached hydrogens (primary N) is 2. The first-order valence-corrected chi connectivity index (χ1v) is 8.83. The van der Waals surface area contributed by atoms with E-state index in [9.17, 15) is 9.59 Å². The van der Waals surface area contributed by atoms with Crippen LogP contribution in [-0.4, -0.2) is 38.4 Å². The van der Waals surface area contributed by atoms with E-state index in [-0.39, 0.29) is 22.9 Å². The van der Waals surface area contributed by atoms with Crippen LogP contribution in [0.25, 0.3) is 0 Å². The molecule has 2 amide bonds. The van der Waals surface area contributed by atoms with E-state index in [0.29, 0.717) is 11.1 Å². The third kappa shape index (κ3) is 5.80. The minimum atomic E-state index is -0.624. The molecule has 0 aliphatic rings. The van der Waals surface area contributed by atoms with Gasteiger partial charge in [0.15, 0.2) is 11.7 Å². The van der Waals surface area contributed by atoms with Crippen molar-refractivity contribution in [3.63, 3.8) is 0 Å². The Labute approximate surface area is 176 Å². The fourth-order valence-electron chi connectivity index (χ4n) is 2.25. The molecule has 0 bridgehead atoms. The van der Waals surface area contributed by atoms with Crippen molar-refractivity contribution in [3.05, 3.63) is 89.8 Å². The maximum Gasteiger partial charge on any atom is 0.289 e. The van der Waals surface area contributed by atoms with Crippen LogP contribution < -0.4 is 27.9 Å². The zero-order valence-corrected chi connectivity index (χ0v) is 16.1. The third-order valence-corrected chi connectivity index (χ3v) is 3.83. The second kappa shape index (κ2) is 10.1. The zero-order valence-electron chi connectivity index (χ0n) is 16.1. The molecule has 3 heterocycles. The van der Waals surface area contributed by atoms with Crippen molar-refractivity contribution in [3.8, 4) is 0 Å². The Morgan fingerprint density at radius 2 is 1.29 bits per heavy atom. The van der Waals surface area contributed by atoms with Crippen molar-refractivity contribution in [1.82, 2.24) is 31.3 Å². The van der Waals surface area contributed by atoms with Crippen molar-refractivity contribution in [2.24, 2.45) is 21.7 Å². The molecule has 0 aliphatic carbocycles. The van der Waals surface area contributed by atoms with Gasteiger partial charge in [-0.25, -0.2) is 16.4 Å². The van der Waals surface area contributed by atoms with Crippen LogP contribution in [0.2, 0.25) is 0 Å². The highest BCUT2D eigenvalue weighted by Crippen LogP contribution is 2.03. The lowest BCUT2D eigenvalue weighted by atomic mass is 10.2. The van der Waals surface area contributed by atoms with Gasteiger partial charge in [0, 0.05) is 47.7 Å². The molecule has 12 nitrogen and oxygen atoms in total. The monoisotopic (exact) mass is 418 g/mol. The second-order valence-corrected chi connectivity index (χ2v) is 5.90. The van der Waals surface area contributed by atoms with Gasteiger partial charge >= 0.3 is 0 Å². The van der Waals surface area contributed by atoms with Gasteiger partial charge in [0.2, 0.25) is 0 Å². The predicted octanol–water partition coefficient (Wildman–Crippen LogP) is -0.523. The van der Waals surface area contributed by atoms with Gasteiger partial charge in [-0.05, 0) is 36.4 Å². The normalized spacial score (nSPS) is 11.5. The van der Waals surface area contributed by atoms with E-state index in [1.807, 2.05) is 0 Å². The molecule has 12 heteroatoms. The summed E-state index contributed by atoms with van der Waals surface area (Å²) in [6, 6.07) is 9.34. The van der Waals surface area contributed by atoms with Gasteiger partial charge < -0.3 is 11.5 Å². The fraction of sp³-hybridized carbons (Fsp3) is 0. The van der Waals surface area contributed by atoms with Crippen LogP contribution in [0.3, 0.4) is 0 Å². The van der Waals surface area contributed by atoms with Gasteiger partial charge in [0.25, 0.3) is 11.8 Å². The molecule has 0 unspecified atom stereocenters. The summed E-state index contributed by atoms with van der Waals surface area (Å²) < 4.78 is 0. The van der Waals surface area contributed by atoms with E-state index >= 15 is 0 Å². The smallest absolute Gasteiger partial charge is 0.289 e. The Hall–Kier alpha value is -4.87. The van der Waals surface area contributed by atoms with E-state index in [4.69, 9.17) is 11.5 Å². The topological polar surface area (TPSA) is 186 Å². The molecule has 7 N–H and O–H groups in total. The third-order valence-electron chi connectivity index (χ3n) is 3.83. The molecule has 0 atom stereocenters. The summed E-state index contributed by atoms with van der Waals surface area (Å²) in [5, 5.41) is 7.68. The lowest BCUT2D eigenvalue weighted by Gasteiger charge is -2.06. The first kappa shape index (κ1) is 20.9. The zero-order chi connectivity index (χ0) is 22.1. The number of amides is 2. The quantitative estimate of drug-likeness (QED) is 0.192. The first-order valence-electron chi connectivity index (χ1n) is 8.83. The van der Waals surface area contributed by atoms with E-state index in [2.05, 4.69) is 41.5 Å². The van der Waals surface area contributed by atoms with Gasteiger partial charge in [0.05, 0.1) is 0 Å². The highest BCUT2D eigenvalue weighted by Gasteiger charge is 2.12. The number of rotatable bonds is 7. The lowest BCUT2D eigenvalue weighted by Crippen LogP contribution is -2.36. The summed E-state index contributed by atoms with van der Waals surface area (Å²) in [7, 11) is 0. The van der Waals surface area contributed by atoms with Crippen LogP contribution in [0.4, 0.5) is 0 Å². The summed E-state index contributed by atoms with van der Waals surface area (Å²) in [6.07, 6.45) is 7.54. The molecule has 3 aromatic heterocycles. The van der Waals surface area contributed by atoms with Crippen LogP contribution in [0.1, 0.15) is 32.0 Å². The highest BCUT2D eigenvalue weighted by atomic mass is 16.2. The number of hydrogen-bond donors (Lipinski definition) is 5. The molecule has 31 heavy (non-hydrogen) atoms. The van der Waals surface area contributed by atoms with Crippen molar-refractivity contribution >= 4 is 23.5 Å². The van der Waals surface area contributed by atoms with Crippen molar-refractivity contribution in [1.29, 1.82) is 0 Å². The maximum atomic E-state index is 12.3. The molecular formula is C19H18N10O2. The van der Waals surface area contributed by atoms with Crippen LogP contribution in [0, 0.1) is 0 Å². The van der Waals surface area contributed by atoms with Gasteiger partial charge in [-0.2, -0.15) is 5.10 Å². The molecule has 0 saturated heterocycles. The van der Waals surface area contributed by atoms with Gasteiger partial charge in [-0.15, -0.1) is 5.10 Å². The number of pyridine rings is 3. The number of carbonyl (C=O) groups excluding carboxylic acids is 2. The van der Waals surface area contributed by atoms with E-state index < -0.39 is 11.8 Å². The number of nitrogens with one attached hydrogen (secondary N) is 3. The fourth-order valence-corrected chi connectivity index (χ4v) is 2.25. The minimum Gasteiger partial charge on any atom is -0.382 e. The van der Waals surface area contributed by atoms with Crippen LogP contribution in [-0.2, 0) is 0 Å². The summed E-state index contributed by atoms with van der Waals surface area (Å²) in [4.78, 5) is 36.2. The second-order valence-electron chi connectivity index (χ2n) is 5.90. The molecular weight excluding hydrogens is 400 g/mol. The highest BCUT2D eigenvalue weighted by molar-refractivity contribution is 6.01. The molecule has 0 aliphatic heterocycles. The number of carbonyl (C=O) groups is 2. The molecule has 156 valence electrons. The Bertz CT molecular complexity index is 1120. The van der Waals surface area contributed by atoms with Crippen molar-refractivity contribution in [2.45, 2.75) is 0 Å². The molecule has 3 rings (SSSR count). The molecule has 3 aromatic rings. The minimum absolute atomic E-state index is 0.0242. The summed E-state index contributed by atoms with van der Waals surface area (Å²) in [5.41, 5.74) is 20.0. The Morgan fingerprint density at radius 1 is 0.742 bits per heavy atom. The SMILES string of the molecule is NC(=NNNC(=O)c1cc(C(=O)NN=C(N)c2ccncc2)ccn1)c1ccncc1. The number of aromatic nitrogens is 3. The Kier molecular flexibility index (Phi) is 6.77. The molecule has 0 spiro atoms. The van der Waals surface area contributed by atoms with E-state index in [0.717, 1.165) is 0 Å². The molecule has 0 fully saturated rings.